The molecule has 0 unspecified atom stereocenters. The molecule has 0 saturated carbocycles. The van der Waals surface area contributed by atoms with Crippen molar-refractivity contribution in [1.82, 2.24) is 9.55 Å². The summed E-state index contributed by atoms with van der Waals surface area (Å²) in [5.41, 5.74) is 7.25. The van der Waals surface area contributed by atoms with Crippen LogP contribution in [0, 0.1) is 6.92 Å². The molecule has 32 heavy (non-hydrogen) atoms. The molecule has 0 bridgehead atoms. The Morgan fingerprint density at radius 2 is 1.78 bits per heavy atom. The van der Waals surface area contributed by atoms with E-state index in [1.165, 1.54) is 21.9 Å². The minimum absolute atomic E-state index is 0.0560. The van der Waals surface area contributed by atoms with Crippen LogP contribution >= 0.6 is 0 Å². The molecule has 2 N–H and O–H groups in total. The molecule has 0 fully saturated rings. The van der Waals surface area contributed by atoms with Gasteiger partial charge < -0.3 is 14.9 Å². The van der Waals surface area contributed by atoms with Crippen LogP contribution in [-0.2, 0) is 13.0 Å². The fraction of sp³-hybridized carbons (Fsp3) is 0.250. The lowest BCUT2D eigenvalue weighted by molar-refractivity contribution is 0.101. The average Bonchev–Trinajstić information content (AvgIpc) is 3.32. The number of unbranched alkanes of at least 4 members (excludes halogenated alkanes) is 1. The number of nitrogens with one attached hydrogen (secondary N) is 2. The number of rotatable bonds is 6. The molecule has 162 valence electrons. The zero-order valence-electron chi connectivity index (χ0n) is 19.0. The Balaban J connectivity index is 1.54. The summed E-state index contributed by atoms with van der Waals surface area (Å²) in [6.07, 6.45) is 3.11. The summed E-state index contributed by atoms with van der Waals surface area (Å²) >= 11 is 0. The van der Waals surface area contributed by atoms with E-state index in [1.54, 1.807) is 0 Å². The fourth-order valence-corrected chi connectivity index (χ4v) is 4.87. The number of nitrogens with zero attached hydrogens (tertiary/aromatic N) is 1. The number of para-hydroxylation sites is 2. The van der Waals surface area contributed by atoms with Crippen LogP contribution in [0.15, 0.2) is 60.7 Å². The van der Waals surface area contributed by atoms with Crippen LogP contribution in [0.1, 0.15) is 48.3 Å². The average molecular weight is 424 g/mol. The summed E-state index contributed by atoms with van der Waals surface area (Å²) in [5.74, 6) is -0.0560. The molecule has 2 heterocycles. The third kappa shape index (κ3) is 3.27. The number of aryl methyl sites for hydroxylation is 3. The predicted molar refractivity (Wildman–Crippen MR) is 135 cm³/mol. The highest BCUT2D eigenvalue weighted by molar-refractivity contribution is 6.12. The molecular weight excluding hydrogens is 394 g/mol. The minimum atomic E-state index is -0.0560. The highest BCUT2D eigenvalue weighted by atomic mass is 16.2. The van der Waals surface area contributed by atoms with Crippen molar-refractivity contribution >= 4 is 44.3 Å². The van der Waals surface area contributed by atoms with Crippen LogP contribution in [0.3, 0.4) is 0 Å². The maximum absolute atomic E-state index is 13.5. The molecule has 0 aliphatic rings. The van der Waals surface area contributed by atoms with Crippen LogP contribution in [0.25, 0.3) is 32.7 Å². The summed E-state index contributed by atoms with van der Waals surface area (Å²) in [7, 11) is 0. The van der Waals surface area contributed by atoms with Gasteiger partial charge in [0.1, 0.15) is 5.69 Å². The number of hydrogen-bond acceptors (Lipinski definition) is 1. The Labute approximate surface area is 188 Å². The van der Waals surface area contributed by atoms with Crippen molar-refractivity contribution in [3.63, 3.8) is 0 Å². The summed E-state index contributed by atoms with van der Waals surface area (Å²) in [6.45, 7) is 7.24. The predicted octanol–water partition coefficient (Wildman–Crippen LogP) is 7.20. The molecule has 5 aromatic rings. The van der Waals surface area contributed by atoms with Crippen molar-refractivity contribution in [3.8, 4) is 0 Å². The number of benzene rings is 3. The van der Waals surface area contributed by atoms with Gasteiger partial charge in [0.25, 0.3) is 5.91 Å². The van der Waals surface area contributed by atoms with E-state index in [1.807, 2.05) is 31.2 Å². The number of amides is 1. The van der Waals surface area contributed by atoms with Crippen molar-refractivity contribution < 1.29 is 4.79 Å². The lowest BCUT2D eigenvalue weighted by atomic mass is 10.1. The van der Waals surface area contributed by atoms with Gasteiger partial charge in [0.05, 0.1) is 0 Å². The SMILES string of the molecule is CCCCn1c(C(=O)Nc2ccc3c(c2)[nH]c2c(CC)cccc23)c(C)c2ccccc21. The van der Waals surface area contributed by atoms with Gasteiger partial charge in [0, 0.05) is 44.9 Å². The summed E-state index contributed by atoms with van der Waals surface area (Å²) in [6, 6.07) is 20.9. The third-order valence-corrected chi connectivity index (χ3v) is 6.53. The lowest BCUT2D eigenvalue weighted by Crippen LogP contribution is -2.18. The van der Waals surface area contributed by atoms with Crippen molar-refractivity contribution in [2.75, 3.05) is 5.32 Å². The molecule has 0 atom stereocenters. The number of H-pyrrole nitrogens is 1. The molecule has 5 rings (SSSR count). The third-order valence-electron chi connectivity index (χ3n) is 6.53. The molecule has 4 nitrogen and oxygen atoms in total. The topological polar surface area (TPSA) is 49.8 Å². The monoisotopic (exact) mass is 423 g/mol. The maximum Gasteiger partial charge on any atom is 0.272 e. The summed E-state index contributed by atoms with van der Waals surface area (Å²) in [5, 5.41) is 6.72. The number of hydrogen-bond donors (Lipinski definition) is 2. The number of anilines is 1. The highest BCUT2D eigenvalue weighted by Gasteiger charge is 2.20. The van der Waals surface area contributed by atoms with Gasteiger partial charge in [-0.1, -0.05) is 62.7 Å². The zero-order chi connectivity index (χ0) is 22.2. The van der Waals surface area contributed by atoms with E-state index < -0.39 is 0 Å². The van der Waals surface area contributed by atoms with Gasteiger partial charge in [-0.25, -0.2) is 0 Å². The van der Waals surface area contributed by atoms with Gasteiger partial charge in [0.2, 0.25) is 0 Å². The second-order valence-electron chi connectivity index (χ2n) is 8.53. The molecule has 0 radical (unpaired) electrons. The first-order valence-corrected chi connectivity index (χ1v) is 11.5. The molecular formula is C28H29N3O. The number of carbonyl (C=O) groups is 1. The zero-order valence-corrected chi connectivity index (χ0v) is 19.0. The summed E-state index contributed by atoms with van der Waals surface area (Å²) < 4.78 is 2.18. The van der Waals surface area contributed by atoms with E-state index in [2.05, 4.69) is 65.1 Å². The first kappa shape index (κ1) is 20.4. The van der Waals surface area contributed by atoms with Crippen molar-refractivity contribution in [1.29, 1.82) is 0 Å². The van der Waals surface area contributed by atoms with Crippen molar-refractivity contribution in [3.05, 3.63) is 77.5 Å². The largest absolute Gasteiger partial charge is 0.354 e. The van der Waals surface area contributed by atoms with Gasteiger partial charge >= 0.3 is 0 Å². The van der Waals surface area contributed by atoms with E-state index in [9.17, 15) is 4.79 Å². The smallest absolute Gasteiger partial charge is 0.272 e. The van der Waals surface area contributed by atoms with E-state index in [0.717, 1.165) is 59.2 Å². The van der Waals surface area contributed by atoms with Crippen LogP contribution in [0.4, 0.5) is 5.69 Å². The van der Waals surface area contributed by atoms with Gasteiger partial charge in [0.15, 0.2) is 0 Å². The van der Waals surface area contributed by atoms with Crippen molar-refractivity contribution in [2.24, 2.45) is 0 Å². The number of carbonyl (C=O) groups excluding carboxylic acids is 1. The molecule has 4 heteroatoms. The first-order chi connectivity index (χ1) is 15.6. The van der Waals surface area contributed by atoms with Crippen molar-refractivity contribution in [2.45, 2.75) is 46.6 Å². The Bertz CT molecular complexity index is 1450. The van der Waals surface area contributed by atoms with Crippen LogP contribution < -0.4 is 5.32 Å². The standard InChI is InChI=1S/C28H29N3O/c1-4-6-16-31-25-13-8-7-11-21(25)18(3)27(31)28(32)29-20-14-15-22-23-12-9-10-19(5-2)26(23)30-24(22)17-20/h7-15,17,30H,4-6,16H2,1-3H3,(H,29,32). The Kier molecular flexibility index (Phi) is 5.22. The molecule has 1 amide bonds. The van der Waals surface area contributed by atoms with Gasteiger partial charge in [-0.2, -0.15) is 0 Å². The molecule has 2 aromatic heterocycles. The van der Waals surface area contributed by atoms with E-state index in [-0.39, 0.29) is 5.91 Å². The van der Waals surface area contributed by atoms with Crippen LogP contribution in [0.5, 0.6) is 0 Å². The van der Waals surface area contributed by atoms with Crippen LogP contribution in [-0.4, -0.2) is 15.5 Å². The fourth-order valence-electron chi connectivity index (χ4n) is 4.87. The van der Waals surface area contributed by atoms with Gasteiger partial charge in [-0.05, 0) is 49.1 Å². The van der Waals surface area contributed by atoms with Crippen LogP contribution in [0.2, 0.25) is 0 Å². The minimum Gasteiger partial charge on any atom is -0.354 e. The van der Waals surface area contributed by atoms with E-state index in [0.29, 0.717) is 0 Å². The maximum atomic E-state index is 13.5. The lowest BCUT2D eigenvalue weighted by Gasteiger charge is -2.12. The first-order valence-electron chi connectivity index (χ1n) is 11.5. The Morgan fingerprint density at radius 1 is 0.969 bits per heavy atom. The molecule has 0 spiro atoms. The normalized spacial score (nSPS) is 11.6. The number of fused-ring (bicyclic) bond motifs is 4. The summed E-state index contributed by atoms with van der Waals surface area (Å²) in [4.78, 5) is 17.0. The second kappa shape index (κ2) is 8.19. The quantitative estimate of drug-likeness (QED) is 0.298. The molecule has 3 aromatic carbocycles. The number of aromatic nitrogens is 2. The Morgan fingerprint density at radius 3 is 2.59 bits per heavy atom. The molecule has 0 aliphatic carbocycles. The highest BCUT2D eigenvalue weighted by Crippen LogP contribution is 2.31. The number of aromatic amines is 1. The van der Waals surface area contributed by atoms with Gasteiger partial charge in [-0.3, -0.25) is 4.79 Å². The molecule has 0 aliphatic heterocycles. The second-order valence-corrected chi connectivity index (χ2v) is 8.53. The van der Waals surface area contributed by atoms with Gasteiger partial charge in [-0.15, -0.1) is 0 Å². The Hall–Kier alpha value is -3.53. The molecule has 0 saturated heterocycles. The van der Waals surface area contributed by atoms with E-state index in [4.69, 9.17) is 0 Å². The van der Waals surface area contributed by atoms with E-state index >= 15 is 0 Å².